The molecule has 6 nitrogen and oxygen atoms in total. The van der Waals surface area contributed by atoms with Gasteiger partial charge in [0.1, 0.15) is 5.69 Å². The molecule has 0 fully saturated rings. The third-order valence-electron chi connectivity index (χ3n) is 4.00. The van der Waals surface area contributed by atoms with Crippen LogP contribution in [0.2, 0.25) is 5.02 Å². The summed E-state index contributed by atoms with van der Waals surface area (Å²) in [6, 6.07) is 7.95. The van der Waals surface area contributed by atoms with E-state index in [0.29, 0.717) is 6.54 Å². The molecular weight excluding hydrogens is 312 g/mol. The van der Waals surface area contributed by atoms with E-state index in [2.05, 4.69) is 22.3 Å². The Morgan fingerprint density at radius 1 is 1.26 bits per heavy atom. The van der Waals surface area contributed by atoms with Crippen LogP contribution in [0.1, 0.15) is 30.6 Å². The maximum atomic E-state index is 5.97. The van der Waals surface area contributed by atoms with Gasteiger partial charge in [-0.1, -0.05) is 35.9 Å². The molecule has 23 heavy (non-hydrogen) atoms. The van der Waals surface area contributed by atoms with Gasteiger partial charge in [0, 0.05) is 24.2 Å². The molecule has 120 valence electrons. The zero-order valence-electron chi connectivity index (χ0n) is 13.1. The van der Waals surface area contributed by atoms with Gasteiger partial charge in [0.2, 0.25) is 0 Å². The maximum Gasteiger partial charge on any atom is 0.116 e. The Hall–Kier alpha value is -2.18. The molecule has 7 heteroatoms. The summed E-state index contributed by atoms with van der Waals surface area (Å²) in [5.41, 5.74) is 9.60. The van der Waals surface area contributed by atoms with E-state index in [1.165, 1.54) is 0 Å². The number of aryl methyl sites for hydroxylation is 1. The molecule has 2 aromatic heterocycles. The van der Waals surface area contributed by atoms with Gasteiger partial charge in [-0.25, -0.2) is 4.68 Å². The van der Waals surface area contributed by atoms with Crippen molar-refractivity contribution in [1.29, 1.82) is 0 Å². The second-order valence-corrected chi connectivity index (χ2v) is 5.83. The molecule has 0 aliphatic rings. The number of hydrogen-bond donors (Lipinski definition) is 1. The highest BCUT2D eigenvalue weighted by Gasteiger charge is 2.17. The van der Waals surface area contributed by atoms with Gasteiger partial charge < -0.3 is 5.73 Å². The molecule has 2 heterocycles. The van der Waals surface area contributed by atoms with Crippen LogP contribution in [0.3, 0.4) is 0 Å². The van der Waals surface area contributed by atoms with Crippen molar-refractivity contribution >= 4 is 11.6 Å². The number of rotatable bonds is 5. The Morgan fingerprint density at radius 3 is 2.65 bits per heavy atom. The van der Waals surface area contributed by atoms with Gasteiger partial charge >= 0.3 is 0 Å². The van der Waals surface area contributed by atoms with E-state index < -0.39 is 0 Å². The molecule has 1 aromatic carbocycles. The zero-order valence-corrected chi connectivity index (χ0v) is 13.9. The van der Waals surface area contributed by atoms with Gasteiger partial charge in [0.05, 0.1) is 24.1 Å². The number of aromatic nitrogens is 5. The van der Waals surface area contributed by atoms with E-state index in [0.717, 1.165) is 34.0 Å². The minimum atomic E-state index is 0.117. The van der Waals surface area contributed by atoms with Gasteiger partial charge in [0.25, 0.3) is 0 Å². The molecule has 3 aromatic rings. The average molecular weight is 331 g/mol. The quantitative estimate of drug-likeness (QED) is 0.780. The molecule has 0 saturated heterocycles. The lowest BCUT2D eigenvalue weighted by Gasteiger charge is -2.15. The van der Waals surface area contributed by atoms with Crippen molar-refractivity contribution in [2.45, 2.75) is 25.9 Å². The first-order chi connectivity index (χ1) is 11.1. The molecule has 2 N–H and O–H groups in total. The molecule has 0 aliphatic carbocycles. The minimum Gasteiger partial charge on any atom is -0.325 e. The molecule has 0 saturated carbocycles. The first kappa shape index (κ1) is 15.7. The predicted octanol–water partition coefficient (Wildman–Crippen LogP) is 2.79. The maximum absolute atomic E-state index is 5.97. The molecular formula is C16H19ClN6. The smallest absolute Gasteiger partial charge is 0.116 e. The molecule has 0 amide bonds. The van der Waals surface area contributed by atoms with Crippen LogP contribution in [0.25, 0.3) is 11.3 Å². The fraction of sp³-hybridized carbons (Fsp3) is 0.312. The Labute approximate surface area is 139 Å². The highest BCUT2D eigenvalue weighted by molar-refractivity contribution is 6.30. The highest BCUT2D eigenvalue weighted by Crippen LogP contribution is 2.26. The van der Waals surface area contributed by atoms with E-state index >= 15 is 0 Å². The fourth-order valence-corrected chi connectivity index (χ4v) is 2.86. The summed E-state index contributed by atoms with van der Waals surface area (Å²) < 4.78 is 3.65. The van der Waals surface area contributed by atoms with Gasteiger partial charge in [-0.3, -0.25) is 4.68 Å². The van der Waals surface area contributed by atoms with Crippen LogP contribution in [-0.2, 0) is 13.6 Å². The van der Waals surface area contributed by atoms with Crippen molar-refractivity contribution < 1.29 is 0 Å². The number of nitrogens with two attached hydrogens (primary N) is 1. The number of nitrogens with zero attached hydrogens (tertiary/aromatic N) is 5. The Kier molecular flexibility index (Phi) is 4.45. The van der Waals surface area contributed by atoms with Crippen LogP contribution < -0.4 is 5.73 Å². The second-order valence-electron chi connectivity index (χ2n) is 5.39. The molecule has 0 spiro atoms. The Balaban J connectivity index is 1.95. The summed E-state index contributed by atoms with van der Waals surface area (Å²) in [5.74, 6) is 0. The van der Waals surface area contributed by atoms with Crippen molar-refractivity contribution in [3.8, 4) is 11.3 Å². The van der Waals surface area contributed by atoms with Crippen molar-refractivity contribution in [3.63, 3.8) is 0 Å². The van der Waals surface area contributed by atoms with Crippen LogP contribution in [0.4, 0.5) is 0 Å². The first-order valence-electron chi connectivity index (χ1n) is 7.52. The van der Waals surface area contributed by atoms with Crippen molar-refractivity contribution in [1.82, 2.24) is 24.8 Å². The topological polar surface area (TPSA) is 74.5 Å². The van der Waals surface area contributed by atoms with E-state index in [1.54, 1.807) is 10.9 Å². The van der Waals surface area contributed by atoms with E-state index in [-0.39, 0.29) is 6.04 Å². The number of benzene rings is 1. The van der Waals surface area contributed by atoms with Crippen molar-refractivity contribution in [3.05, 3.63) is 52.9 Å². The SMILES string of the molecule is CCC(c1ccc(Cl)cc1)n1cc(-c2cnn(C)c2CN)nn1. The minimum absolute atomic E-state index is 0.117. The third kappa shape index (κ3) is 3.00. The summed E-state index contributed by atoms with van der Waals surface area (Å²) in [7, 11) is 1.87. The van der Waals surface area contributed by atoms with Gasteiger partial charge in [0.15, 0.2) is 0 Å². The summed E-state index contributed by atoms with van der Waals surface area (Å²) in [6.07, 6.45) is 4.62. The van der Waals surface area contributed by atoms with E-state index in [1.807, 2.05) is 42.2 Å². The van der Waals surface area contributed by atoms with Gasteiger partial charge in [-0.2, -0.15) is 5.10 Å². The average Bonchev–Trinajstić information content (AvgIpc) is 3.16. The lowest BCUT2D eigenvalue weighted by molar-refractivity contribution is 0.493. The van der Waals surface area contributed by atoms with Gasteiger partial charge in [-0.05, 0) is 24.1 Å². The van der Waals surface area contributed by atoms with E-state index in [4.69, 9.17) is 17.3 Å². The summed E-state index contributed by atoms with van der Waals surface area (Å²) in [5, 5.41) is 13.6. The molecule has 0 radical (unpaired) electrons. The first-order valence-corrected chi connectivity index (χ1v) is 7.90. The normalized spacial score (nSPS) is 12.5. The Bertz CT molecular complexity index is 789. The molecule has 1 atom stereocenters. The standard InChI is InChI=1S/C16H19ClN6/c1-3-15(11-4-6-12(17)7-5-11)23-10-14(20-21-23)13-9-19-22(2)16(13)8-18/h4-7,9-10,15H,3,8,18H2,1-2H3. The van der Waals surface area contributed by atoms with Crippen LogP contribution in [0.5, 0.6) is 0 Å². The van der Waals surface area contributed by atoms with Gasteiger partial charge in [-0.15, -0.1) is 5.10 Å². The predicted molar refractivity (Wildman–Crippen MR) is 90.0 cm³/mol. The van der Waals surface area contributed by atoms with Crippen LogP contribution in [-0.4, -0.2) is 24.8 Å². The molecule has 0 aliphatic heterocycles. The largest absolute Gasteiger partial charge is 0.325 e. The van der Waals surface area contributed by atoms with Crippen LogP contribution in [0, 0.1) is 0 Å². The second kappa shape index (κ2) is 6.52. The molecule has 3 rings (SSSR count). The third-order valence-corrected chi connectivity index (χ3v) is 4.25. The fourth-order valence-electron chi connectivity index (χ4n) is 2.73. The van der Waals surface area contributed by atoms with Crippen molar-refractivity contribution in [2.75, 3.05) is 0 Å². The number of hydrogen-bond acceptors (Lipinski definition) is 4. The monoisotopic (exact) mass is 330 g/mol. The highest BCUT2D eigenvalue weighted by atomic mass is 35.5. The Morgan fingerprint density at radius 2 is 2.00 bits per heavy atom. The lowest BCUT2D eigenvalue weighted by atomic mass is 10.0. The summed E-state index contributed by atoms with van der Waals surface area (Å²) >= 11 is 5.97. The molecule has 0 bridgehead atoms. The van der Waals surface area contributed by atoms with Crippen LogP contribution >= 0.6 is 11.6 Å². The molecule has 1 unspecified atom stereocenters. The zero-order chi connectivity index (χ0) is 16.4. The summed E-state index contributed by atoms with van der Waals surface area (Å²) in [6.45, 7) is 2.53. The van der Waals surface area contributed by atoms with E-state index in [9.17, 15) is 0 Å². The summed E-state index contributed by atoms with van der Waals surface area (Å²) in [4.78, 5) is 0. The van der Waals surface area contributed by atoms with Crippen molar-refractivity contribution in [2.24, 2.45) is 12.8 Å². The lowest BCUT2D eigenvalue weighted by Crippen LogP contribution is -2.10. The van der Waals surface area contributed by atoms with Crippen LogP contribution in [0.15, 0.2) is 36.7 Å². The number of halogens is 1.